The number of aryl methyl sites for hydroxylation is 1. The smallest absolute Gasteiger partial charge is 0.243 e. The van der Waals surface area contributed by atoms with Gasteiger partial charge in [-0.2, -0.15) is 4.31 Å². The van der Waals surface area contributed by atoms with Gasteiger partial charge in [-0.1, -0.05) is 11.3 Å². The van der Waals surface area contributed by atoms with Crippen molar-refractivity contribution in [3.05, 3.63) is 48.3 Å². The van der Waals surface area contributed by atoms with E-state index in [9.17, 15) is 13.2 Å². The fourth-order valence-corrected chi connectivity index (χ4v) is 5.55. The molecule has 32 heavy (non-hydrogen) atoms. The Hall–Kier alpha value is -2.89. The minimum atomic E-state index is -3.86. The molecule has 1 aromatic carbocycles. The Morgan fingerprint density at radius 2 is 2.19 bits per heavy atom. The molecular weight excluding hydrogens is 432 g/mol. The molecule has 3 heterocycles. The van der Waals surface area contributed by atoms with Crippen LogP contribution in [0, 0.1) is 0 Å². The molecule has 1 atom stereocenters. The number of rotatable bonds is 9. The van der Waals surface area contributed by atoms with E-state index in [0.29, 0.717) is 44.6 Å². The van der Waals surface area contributed by atoms with Gasteiger partial charge < -0.3 is 10.1 Å². The van der Waals surface area contributed by atoms with Gasteiger partial charge in [-0.15, -0.1) is 5.10 Å². The normalized spacial score (nSPS) is 17.1. The number of carbonyl (C=O) groups excluding carboxylic acids is 1. The quantitative estimate of drug-likeness (QED) is 0.481. The second kappa shape index (κ2) is 9.72. The van der Waals surface area contributed by atoms with Crippen molar-refractivity contribution in [2.24, 2.45) is 0 Å². The van der Waals surface area contributed by atoms with Crippen LogP contribution in [0.1, 0.15) is 24.8 Å². The molecule has 11 heteroatoms. The maximum Gasteiger partial charge on any atom is 0.243 e. The first-order valence-electron chi connectivity index (χ1n) is 10.5. The molecule has 1 saturated heterocycles. The van der Waals surface area contributed by atoms with Crippen LogP contribution in [-0.2, 0) is 32.6 Å². The number of hydrogen-bond donors (Lipinski definition) is 1. The third-order valence-electron chi connectivity index (χ3n) is 5.51. The van der Waals surface area contributed by atoms with Gasteiger partial charge in [0.05, 0.1) is 10.4 Å². The number of pyridine rings is 1. The maximum atomic E-state index is 13.3. The largest absolute Gasteiger partial charge is 0.385 e. The first-order valence-corrected chi connectivity index (χ1v) is 12.0. The number of methoxy groups -OCH3 is 1. The molecule has 1 fully saturated rings. The lowest BCUT2D eigenvalue weighted by Gasteiger charge is -2.23. The van der Waals surface area contributed by atoms with Gasteiger partial charge in [-0.25, -0.2) is 13.1 Å². The van der Waals surface area contributed by atoms with E-state index in [2.05, 4.69) is 20.6 Å². The summed E-state index contributed by atoms with van der Waals surface area (Å²) >= 11 is 0. The van der Waals surface area contributed by atoms with E-state index >= 15 is 0 Å². The molecule has 0 bridgehead atoms. The van der Waals surface area contributed by atoms with Gasteiger partial charge in [0.1, 0.15) is 11.6 Å². The lowest BCUT2D eigenvalue weighted by Crippen LogP contribution is -2.45. The van der Waals surface area contributed by atoms with Crippen LogP contribution >= 0.6 is 0 Å². The number of hydrogen-bond acceptors (Lipinski definition) is 7. The highest BCUT2D eigenvalue weighted by Crippen LogP contribution is 2.28. The summed E-state index contributed by atoms with van der Waals surface area (Å²) in [5.74, 6) is -0.305. The number of ether oxygens (including phenoxy) is 1. The van der Waals surface area contributed by atoms with Crippen LogP contribution in [-0.4, -0.2) is 64.9 Å². The lowest BCUT2D eigenvalue weighted by molar-refractivity contribution is -0.124. The molecule has 3 aromatic rings. The van der Waals surface area contributed by atoms with Gasteiger partial charge in [0.2, 0.25) is 15.9 Å². The van der Waals surface area contributed by atoms with Crippen LogP contribution in [0.5, 0.6) is 0 Å². The van der Waals surface area contributed by atoms with Gasteiger partial charge in [0.15, 0.2) is 0 Å². The summed E-state index contributed by atoms with van der Waals surface area (Å²) in [6.45, 7) is 1.83. The summed E-state index contributed by atoms with van der Waals surface area (Å²) < 4.78 is 34.8. The molecule has 170 valence electrons. The molecule has 1 aliphatic heterocycles. The van der Waals surface area contributed by atoms with Gasteiger partial charge in [0.25, 0.3) is 0 Å². The molecule has 0 unspecified atom stereocenters. The molecule has 1 aliphatic rings. The Balaban J connectivity index is 1.50. The number of aromatic nitrogens is 4. The number of sulfonamides is 1. The van der Waals surface area contributed by atoms with Crippen molar-refractivity contribution < 1.29 is 17.9 Å². The summed E-state index contributed by atoms with van der Waals surface area (Å²) in [5.41, 5.74) is 2.11. The average Bonchev–Trinajstić information content (AvgIpc) is 3.46. The summed E-state index contributed by atoms with van der Waals surface area (Å²) in [5, 5.41) is 11.1. The van der Waals surface area contributed by atoms with Crippen LogP contribution in [0.3, 0.4) is 0 Å². The van der Waals surface area contributed by atoms with E-state index in [-0.39, 0.29) is 10.8 Å². The molecule has 1 N–H and O–H groups in total. The fraction of sp³-hybridized carbons (Fsp3) is 0.429. The van der Waals surface area contributed by atoms with Gasteiger partial charge in [-0.05, 0) is 49.1 Å². The van der Waals surface area contributed by atoms with Crippen molar-refractivity contribution in [2.45, 2.75) is 43.3 Å². The number of fused-ring (bicyclic) bond motifs is 1. The highest BCUT2D eigenvalue weighted by Gasteiger charge is 2.39. The maximum absolute atomic E-state index is 13.3. The predicted octanol–water partition coefficient (Wildman–Crippen LogP) is 1.33. The van der Waals surface area contributed by atoms with Crippen molar-refractivity contribution in [3.63, 3.8) is 0 Å². The first kappa shape index (κ1) is 22.3. The predicted molar refractivity (Wildman–Crippen MR) is 117 cm³/mol. The van der Waals surface area contributed by atoms with E-state index in [1.54, 1.807) is 42.4 Å². The number of nitrogens with one attached hydrogen (secondary N) is 1. The topological polar surface area (TPSA) is 119 Å². The van der Waals surface area contributed by atoms with Crippen molar-refractivity contribution in [1.29, 1.82) is 0 Å². The highest BCUT2D eigenvalue weighted by molar-refractivity contribution is 7.89. The van der Waals surface area contributed by atoms with E-state index in [1.165, 1.54) is 10.4 Å². The van der Waals surface area contributed by atoms with Crippen LogP contribution < -0.4 is 5.32 Å². The van der Waals surface area contributed by atoms with Gasteiger partial charge >= 0.3 is 0 Å². The van der Waals surface area contributed by atoms with Crippen LogP contribution in [0.2, 0.25) is 0 Å². The van der Waals surface area contributed by atoms with Crippen molar-refractivity contribution >= 4 is 27.0 Å². The average molecular weight is 459 g/mol. The zero-order chi connectivity index (χ0) is 22.6. The minimum Gasteiger partial charge on any atom is -0.385 e. The molecule has 10 nitrogen and oxygen atoms in total. The monoisotopic (exact) mass is 458 g/mol. The molecule has 2 aromatic heterocycles. The molecule has 1 amide bonds. The van der Waals surface area contributed by atoms with Gasteiger partial charge in [-0.3, -0.25) is 9.78 Å². The van der Waals surface area contributed by atoms with Crippen LogP contribution in [0.25, 0.3) is 11.0 Å². The van der Waals surface area contributed by atoms with E-state index in [4.69, 9.17) is 4.74 Å². The van der Waals surface area contributed by atoms with Crippen molar-refractivity contribution in [3.8, 4) is 0 Å². The summed E-state index contributed by atoms with van der Waals surface area (Å²) in [6.07, 6.45) is 5.21. The zero-order valence-corrected chi connectivity index (χ0v) is 18.7. The van der Waals surface area contributed by atoms with Crippen LogP contribution in [0.4, 0.5) is 0 Å². The second-order valence-electron chi connectivity index (χ2n) is 7.66. The first-order chi connectivity index (χ1) is 15.5. The highest BCUT2D eigenvalue weighted by atomic mass is 32.2. The Kier molecular flexibility index (Phi) is 6.77. The Bertz CT molecular complexity index is 1180. The Labute approximate surface area is 186 Å². The third kappa shape index (κ3) is 4.64. The Morgan fingerprint density at radius 1 is 1.31 bits per heavy atom. The van der Waals surface area contributed by atoms with E-state index < -0.39 is 16.1 Å². The standard InChI is InChI=1S/C21H26N6O4S/c1-31-12-4-10-26-19-8-7-17(13-18(19)24-25-26)32(29,30)27-11-3-6-20(27)21(28)23-15-16-5-2-9-22-14-16/h2,5,7-9,13-14,20H,3-4,6,10-12,15H2,1H3,(H,23,28)/t20-/m1/s1. The summed E-state index contributed by atoms with van der Waals surface area (Å²) in [4.78, 5) is 16.9. The SMILES string of the molecule is COCCCn1nnc2cc(S(=O)(=O)N3CCC[C@@H]3C(=O)NCc3cccnc3)ccc21. The van der Waals surface area contributed by atoms with E-state index in [0.717, 1.165) is 17.5 Å². The van der Waals surface area contributed by atoms with Gasteiger partial charge in [0, 0.05) is 45.7 Å². The Morgan fingerprint density at radius 3 is 2.97 bits per heavy atom. The fourth-order valence-electron chi connectivity index (χ4n) is 3.87. The number of benzene rings is 1. The molecule has 4 rings (SSSR count). The molecule has 0 aliphatic carbocycles. The number of nitrogens with zero attached hydrogens (tertiary/aromatic N) is 5. The van der Waals surface area contributed by atoms with E-state index in [1.807, 2.05) is 6.07 Å². The summed E-state index contributed by atoms with van der Waals surface area (Å²) in [6, 6.07) is 7.69. The molecule has 0 spiro atoms. The van der Waals surface area contributed by atoms with Crippen LogP contribution in [0.15, 0.2) is 47.6 Å². The lowest BCUT2D eigenvalue weighted by atomic mass is 10.2. The minimum absolute atomic E-state index is 0.112. The van der Waals surface area contributed by atoms with Crippen molar-refractivity contribution in [1.82, 2.24) is 29.6 Å². The van der Waals surface area contributed by atoms with Crippen molar-refractivity contribution in [2.75, 3.05) is 20.3 Å². The number of carbonyl (C=O) groups is 1. The molecule has 0 saturated carbocycles. The number of amides is 1. The second-order valence-corrected chi connectivity index (χ2v) is 9.55. The third-order valence-corrected chi connectivity index (χ3v) is 7.41. The summed E-state index contributed by atoms with van der Waals surface area (Å²) in [7, 11) is -2.22. The molecule has 0 radical (unpaired) electrons. The molecular formula is C21H26N6O4S. The zero-order valence-electron chi connectivity index (χ0n) is 17.8.